The number of ether oxygens (including phenoxy) is 1. The summed E-state index contributed by atoms with van der Waals surface area (Å²) in [4.78, 5) is 23.8. The van der Waals surface area contributed by atoms with E-state index in [1.807, 2.05) is 0 Å². The maximum atomic E-state index is 11.6. The van der Waals surface area contributed by atoms with Crippen molar-refractivity contribution in [1.82, 2.24) is 4.90 Å². The molecule has 1 aliphatic rings. The predicted octanol–water partition coefficient (Wildman–Crippen LogP) is 1.89. The van der Waals surface area contributed by atoms with Crippen LogP contribution in [-0.4, -0.2) is 41.8 Å². The van der Waals surface area contributed by atoms with Crippen LogP contribution in [0.1, 0.15) is 25.7 Å². The van der Waals surface area contributed by atoms with Gasteiger partial charge < -0.3 is 14.7 Å². The quantitative estimate of drug-likeness (QED) is 0.763. The fourth-order valence-electron chi connectivity index (χ4n) is 2.02. The van der Waals surface area contributed by atoms with Gasteiger partial charge in [0.15, 0.2) is 0 Å². The van der Waals surface area contributed by atoms with Crippen LogP contribution in [0, 0.1) is 5.92 Å². The Hall–Kier alpha value is -1.52. The Bertz CT molecular complexity index is 290. The molecule has 1 amide bonds. The Morgan fingerprint density at radius 2 is 2.18 bits per heavy atom. The maximum absolute atomic E-state index is 11.6. The van der Waals surface area contributed by atoms with Crippen molar-refractivity contribution in [3.63, 3.8) is 0 Å². The van der Waals surface area contributed by atoms with Gasteiger partial charge in [0.05, 0.1) is 0 Å². The number of aliphatic carboxylic acids is 1. The number of likely N-dealkylation sites (tertiary alicyclic amines) is 1. The first-order valence-electron chi connectivity index (χ1n) is 5.88. The van der Waals surface area contributed by atoms with Gasteiger partial charge in [-0.25, -0.2) is 4.79 Å². The molecular weight excluding hydrogens is 222 g/mol. The van der Waals surface area contributed by atoms with E-state index in [0.29, 0.717) is 13.1 Å². The molecular formula is C12H19NO4. The van der Waals surface area contributed by atoms with Crippen LogP contribution in [-0.2, 0) is 9.53 Å². The van der Waals surface area contributed by atoms with Crippen molar-refractivity contribution in [2.45, 2.75) is 25.7 Å². The second-order valence-electron chi connectivity index (χ2n) is 4.25. The van der Waals surface area contributed by atoms with Crippen LogP contribution < -0.4 is 0 Å². The summed E-state index contributed by atoms with van der Waals surface area (Å²) in [6.07, 6.45) is 3.81. The van der Waals surface area contributed by atoms with Gasteiger partial charge in [0, 0.05) is 19.5 Å². The molecule has 0 aromatic rings. The summed E-state index contributed by atoms with van der Waals surface area (Å²) in [6, 6.07) is 0. The summed E-state index contributed by atoms with van der Waals surface area (Å²) < 4.78 is 4.96. The Morgan fingerprint density at radius 1 is 1.41 bits per heavy atom. The first-order chi connectivity index (χ1) is 8.13. The Labute approximate surface area is 101 Å². The molecule has 1 saturated heterocycles. The van der Waals surface area contributed by atoms with E-state index >= 15 is 0 Å². The van der Waals surface area contributed by atoms with Crippen LogP contribution in [0.25, 0.3) is 0 Å². The first kappa shape index (κ1) is 13.5. The molecule has 0 aliphatic carbocycles. The minimum Gasteiger partial charge on any atom is -0.481 e. The topological polar surface area (TPSA) is 66.8 Å². The summed E-state index contributed by atoms with van der Waals surface area (Å²) in [6.45, 7) is 4.92. The second-order valence-corrected chi connectivity index (χ2v) is 4.25. The molecule has 5 heteroatoms. The molecule has 0 bridgehead atoms. The molecule has 1 fully saturated rings. The number of hydrogen-bond acceptors (Lipinski definition) is 3. The van der Waals surface area contributed by atoms with Gasteiger partial charge in [-0.1, -0.05) is 12.7 Å². The lowest BCUT2D eigenvalue weighted by Crippen LogP contribution is -2.32. The average Bonchev–Trinajstić information content (AvgIpc) is 2.51. The van der Waals surface area contributed by atoms with Crippen LogP contribution in [0.2, 0.25) is 0 Å². The molecule has 1 atom stereocenters. The van der Waals surface area contributed by atoms with Gasteiger partial charge in [0.25, 0.3) is 0 Å². The van der Waals surface area contributed by atoms with Crippen molar-refractivity contribution in [2.24, 2.45) is 5.92 Å². The van der Waals surface area contributed by atoms with Gasteiger partial charge in [0.1, 0.15) is 6.61 Å². The highest BCUT2D eigenvalue weighted by Crippen LogP contribution is 2.21. The smallest absolute Gasteiger partial charge is 0.410 e. The van der Waals surface area contributed by atoms with Crippen molar-refractivity contribution in [1.29, 1.82) is 0 Å². The molecule has 5 nitrogen and oxygen atoms in total. The lowest BCUT2D eigenvalue weighted by Gasteiger charge is -2.19. The van der Waals surface area contributed by atoms with Crippen molar-refractivity contribution in [3.05, 3.63) is 12.7 Å². The van der Waals surface area contributed by atoms with Crippen molar-refractivity contribution in [3.8, 4) is 0 Å². The highest BCUT2D eigenvalue weighted by molar-refractivity contribution is 5.68. The molecule has 17 heavy (non-hydrogen) atoms. The number of carbonyl (C=O) groups excluding carboxylic acids is 1. The number of amides is 1. The monoisotopic (exact) mass is 241 g/mol. The summed E-state index contributed by atoms with van der Waals surface area (Å²) >= 11 is 0. The molecule has 1 heterocycles. The van der Waals surface area contributed by atoms with Gasteiger partial charge in [-0.2, -0.15) is 0 Å². The SMILES string of the molecule is C=CCOC(=O)N1CCCC(CC(=O)O)CC1. The summed E-state index contributed by atoms with van der Waals surface area (Å²) in [5.74, 6) is -0.595. The lowest BCUT2D eigenvalue weighted by atomic mass is 9.97. The van der Waals surface area contributed by atoms with Crippen LogP contribution in [0.3, 0.4) is 0 Å². The largest absolute Gasteiger partial charge is 0.481 e. The van der Waals surface area contributed by atoms with Crippen LogP contribution in [0.5, 0.6) is 0 Å². The highest BCUT2D eigenvalue weighted by Gasteiger charge is 2.22. The fraction of sp³-hybridized carbons (Fsp3) is 0.667. The number of rotatable bonds is 4. The van der Waals surface area contributed by atoms with E-state index in [-0.39, 0.29) is 25.0 Å². The molecule has 0 aromatic carbocycles. The molecule has 0 saturated carbocycles. The average molecular weight is 241 g/mol. The van der Waals surface area contributed by atoms with E-state index in [4.69, 9.17) is 9.84 Å². The second kappa shape index (κ2) is 6.93. The lowest BCUT2D eigenvalue weighted by molar-refractivity contribution is -0.138. The predicted molar refractivity (Wildman–Crippen MR) is 62.7 cm³/mol. The zero-order valence-corrected chi connectivity index (χ0v) is 9.93. The van der Waals surface area contributed by atoms with Crippen molar-refractivity contribution < 1.29 is 19.4 Å². The van der Waals surface area contributed by atoms with E-state index in [1.54, 1.807) is 4.90 Å². The van der Waals surface area contributed by atoms with Crippen LogP contribution in [0.15, 0.2) is 12.7 Å². The molecule has 0 radical (unpaired) electrons. The van der Waals surface area contributed by atoms with Gasteiger partial charge >= 0.3 is 12.1 Å². The third-order valence-corrected chi connectivity index (χ3v) is 2.89. The number of carboxylic acids is 1. The molecule has 1 N–H and O–H groups in total. The third-order valence-electron chi connectivity index (χ3n) is 2.89. The van der Waals surface area contributed by atoms with Gasteiger partial charge in [-0.05, 0) is 25.2 Å². The van der Waals surface area contributed by atoms with E-state index in [2.05, 4.69) is 6.58 Å². The minimum atomic E-state index is -0.766. The number of nitrogens with zero attached hydrogens (tertiary/aromatic N) is 1. The maximum Gasteiger partial charge on any atom is 0.410 e. The number of carboxylic acid groups (broad SMARTS) is 1. The zero-order valence-electron chi connectivity index (χ0n) is 9.93. The molecule has 1 aliphatic heterocycles. The Balaban J connectivity index is 2.38. The molecule has 1 unspecified atom stereocenters. The van der Waals surface area contributed by atoms with Crippen LogP contribution in [0.4, 0.5) is 4.79 Å². The van der Waals surface area contributed by atoms with Crippen molar-refractivity contribution >= 4 is 12.1 Å². The van der Waals surface area contributed by atoms with Gasteiger partial charge in [-0.15, -0.1) is 0 Å². The summed E-state index contributed by atoms with van der Waals surface area (Å²) in [5, 5.41) is 8.73. The van der Waals surface area contributed by atoms with Gasteiger partial charge in [0.2, 0.25) is 0 Å². The molecule has 0 aromatic heterocycles. The minimum absolute atomic E-state index is 0.171. The third kappa shape index (κ3) is 4.89. The molecule has 0 spiro atoms. The molecule has 96 valence electrons. The summed E-state index contributed by atoms with van der Waals surface area (Å²) in [5.41, 5.74) is 0. The standard InChI is InChI=1S/C12H19NO4/c1-2-8-17-12(16)13-6-3-4-10(5-7-13)9-11(14)15/h2,10H,1,3-9H2,(H,14,15). The first-order valence-corrected chi connectivity index (χ1v) is 5.88. The van der Waals surface area contributed by atoms with E-state index < -0.39 is 5.97 Å². The number of hydrogen-bond donors (Lipinski definition) is 1. The Kier molecular flexibility index (Phi) is 5.52. The van der Waals surface area contributed by atoms with Crippen molar-refractivity contribution in [2.75, 3.05) is 19.7 Å². The Morgan fingerprint density at radius 3 is 2.82 bits per heavy atom. The fourth-order valence-corrected chi connectivity index (χ4v) is 2.02. The van der Waals surface area contributed by atoms with Crippen LogP contribution >= 0.6 is 0 Å². The van der Waals surface area contributed by atoms with E-state index in [0.717, 1.165) is 19.3 Å². The van der Waals surface area contributed by atoms with Gasteiger partial charge in [-0.3, -0.25) is 4.79 Å². The normalized spacial score (nSPS) is 20.5. The highest BCUT2D eigenvalue weighted by atomic mass is 16.6. The summed E-state index contributed by atoms with van der Waals surface area (Å²) in [7, 11) is 0. The van der Waals surface area contributed by atoms with E-state index in [1.165, 1.54) is 6.08 Å². The zero-order chi connectivity index (χ0) is 12.7. The van der Waals surface area contributed by atoms with E-state index in [9.17, 15) is 9.59 Å². The molecule has 1 rings (SSSR count). The number of carbonyl (C=O) groups is 2.